The highest BCUT2D eigenvalue weighted by Gasteiger charge is 2.39. The zero-order valence-electron chi connectivity index (χ0n) is 22.0. The Morgan fingerprint density at radius 3 is 1.83 bits per heavy atom. The summed E-state index contributed by atoms with van der Waals surface area (Å²) >= 11 is 0. The molecule has 0 spiro atoms. The standard InChI is InChI=1S/C29H48N2O3S/c1-2-3-4-5-6-7-8-9-10-11-12-13-14-15-16-20-23-30-27(32)24-31-28(33)25-35(34)29(31)26-21-18-17-19-22-26/h17-19,21-22,29H,2-16,20,23-25H2,1H3,(H,30,32). The Morgan fingerprint density at radius 2 is 1.31 bits per heavy atom. The minimum Gasteiger partial charge on any atom is -0.355 e. The van der Waals surface area contributed by atoms with E-state index in [0.717, 1.165) is 18.4 Å². The largest absolute Gasteiger partial charge is 0.355 e. The van der Waals surface area contributed by atoms with Crippen LogP contribution < -0.4 is 5.32 Å². The first-order valence-electron chi connectivity index (χ1n) is 14.1. The first kappa shape index (κ1) is 29.5. The van der Waals surface area contributed by atoms with E-state index in [-0.39, 0.29) is 24.1 Å². The predicted octanol–water partition coefficient (Wildman–Crippen LogP) is 6.65. The van der Waals surface area contributed by atoms with Crippen molar-refractivity contribution < 1.29 is 13.8 Å². The number of nitrogens with zero attached hydrogens (tertiary/aromatic N) is 1. The average molecular weight is 505 g/mol. The van der Waals surface area contributed by atoms with E-state index in [4.69, 9.17) is 0 Å². The third-order valence-corrected chi connectivity index (χ3v) is 8.43. The Bertz CT molecular complexity index is 741. The molecule has 1 aromatic carbocycles. The summed E-state index contributed by atoms with van der Waals surface area (Å²) in [6.07, 6.45) is 21.2. The Hall–Kier alpha value is -1.69. The van der Waals surface area contributed by atoms with Gasteiger partial charge in [0.25, 0.3) is 0 Å². The number of hydrogen-bond donors (Lipinski definition) is 1. The summed E-state index contributed by atoms with van der Waals surface area (Å²) in [5.74, 6) is -0.389. The molecule has 35 heavy (non-hydrogen) atoms. The predicted molar refractivity (Wildman–Crippen MR) is 146 cm³/mol. The molecule has 1 aliphatic heterocycles. The number of rotatable bonds is 20. The van der Waals surface area contributed by atoms with E-state index in [2.05, 4.69) is 12.2 Å². The maximum absolute atomic E-state index is 12.4. The molecule has 1 saturated heterocycles. The minimum atomic E-state index is -1.31. The molecule has 0 aromatic heterocycles. The Labute approximate surface area is 216 Å². The Morgan fingerprint density at radius 1 is 0.829 bits per heavy atom. The third-order valence-electron chi connectivity index (χ3n) is 6.87. The molecule has 2 atom stereocenters. The van der Waals surface area contributed by atoms with Crippen LogP contribution in [-0.4, -0.2) is 39.8 Å². The number of benzene rings is 1. The van der Waals surface area contributed by atoms with Crippen molar-refractivity contribution in [1.29, 1.82) is 0 Å². The van der Waals surface area contributed by atoms with Gasteiger partial charge in [-0.3, -0.25) is 13.8 Å². The third kappa shape index (κ3) is 12.2. The first-order valence-corrected chi connectivity index (χ1v) is 15.5. The van der Waals surface area contributed by atoms with Crippen LogP contribution in [0.2, 0.25) is 0 Å². The molecule has 2 rings (SSSR count). The molecule has 0 bridgehead atoms. The fourth-order valence-electron chi connectivity index (χ4n) is 4.79. The van der Waals surface area contributed by atoms with Crippen LogP contribution in [0.25, 0.3) is 0 Å². The van der Waals surface area contributed by atoms with E-state index in [9.17, 15) is 13.8 Å². The van der Waals surface area contributed by atoms with Crippen molar-refractivity contribution in [3.05, 3.63) is 35.9 Å². The summed E-state index contributed by atoms with van der Waals surface area (Å²) < 4.78 is 12.4. The molecule has 1 aliphatic rings. The summed E-state index contributed by atoms with van der Waals surface area (Å²) in [4.78, 5) is 26.1. The quantitative estimate of drug-likeness (QED) is 0.202. The lowest BCUT2D eigenvalue weighted by Gasteiger charge is -2.23. The first-order chi connectivity index (χ1) is 17.1. The van der Waals surface area contributed by atoms with Crippen molar-refractivity contribution in [2.75, 3.05) is 18.8 Å². The van der Waals surface area contributed by atoms with Gasteiger partial charge in [0.15, 0.2) is 0 Å². The molecule has 198 valence electrons. The van der Waals surface area contributed by atoms with Crippen LogP contribution in [0.5, 0.6) is 0 Å². The van der Waals surface area contributed by atoms with Gasteiger partial charge in [0.05, 0.1) is 10.8 Å². The van der Waals surface area contributed by atoms with Crippen molar-refractivity contribution in [2.45, 2.75) is 115 Å². The van der Waals surface area contributed by atoms with Gasteiger partial charge in [0.2, 0.25) is 11.8 Å². The van der Waals surface area contributed by atoms with Crippen molar-refractivity contribution in [3.8, 4) is 0 Å². The van der Waals surface area contributed by atoms with Crippen LogP contribution in [0, 0.1) is 0 Å². The molecule has 6 heteroatoms. The molecule has 1 aromatic rings. The second-order valence-corrected chi connectivity index (χ2v) is 11.5. The van der Waals surface area contributed by atoms with Crippen molar-refractivity contribution in [2.24, 2.45) is 0 Å². The van der Waals surface area contributed by atoms with E-state index in [0.29, 0.717) is 6.54 Å². The molecule has 1 fully saturated rings. The summed E-state index contributed by atoms with van der Waals surface area (Å²) in [7, 11) is -1.31. The van der Waals surface area contributed by atoms with Crippen LogP contribution in [0.4, 0.5) is 0 Å². The van der Waals surface area contributed by atoms with Crippen LogP contribution >= 0.6 is 0 Å². The molecular formula is C29H48N2O3S. The lowest BCUT2D eigenvalue weighted by atomic mass is 10.0. The van der Waals surface area contributed by atoms with E-state index >= 15 is 0 Å². The molecule has 2 amide bonds. The zero-order chi connectivity index (χ0) is 25.1. The smallest absolute Gasteiger partial charge is 0.239 e. The number of hydrogen-bond acceptors (Lipinski definition) is 3. The molecule has 0 aliphatic carbocycles. The topological polar surface area (TPSA) is 66.5 Å². The van der Waals surface area contributed by atoms with E-state index < -0.39 is 16.2 Å². The van der Waals surface area contributed by atoms with Crippen molar-refractivity contribution >= 4 is 22.6 Å². The van der Waals surface area contributed by atoms with Gasteiger partial charge in [0, 0.05) is 6.54 Å². The number of nitrogens with one attached hydrogen (secondary N) is 1. The highest BCUT2D eigenvalue weighted by molar-refractivity contribution is 7.86. The Balaban J connectivity index is 1.43. The van der Waals surface area contributed by atoms with Gasteiger partial charge < -0.3 is 10.2 Å². The molecule has 1 N–H and O–H groups in total. The van der Waals surface area contributed by atoms with E-state index in [1.807, 2.05) is 30.3 Å². The van der Waals surface area contributed by atoms with Crippen molar-refractivity contribution in [3.63, 3.8) is 0 Å². The molecular weight excluding hydrogens is 456 g/mol. The van der Waals surface area contributed by atoms with E-state index in [1.54, 1.807) is 0 Å². The van der Waals surface area contributed by atoms with Crippen LogP contribution in [-0.2, 0) is 20.4 Å². The number of unbranched alkanes of at least 4 members (excludes halogenated alkanes) is 15. The molecule has 0 radical (unpaired) electrons. The summed E-state index contributed by atoms with van der Waals surface area (Å²) in [6.45, 7) is 2.89. The molecule has 0 saturated carbocycles. The second-order valence-electron chi connectivity index (χ2n) is 9.96. The Kier molecular flexibility index (Phi) is 15.7. The number of carbonyl (C=O) groups excluding carboxylic acids is 2. The van der Waals surface area contributed by atoms with E-state index in [1.165, 1.54) is 94.8 Å². The van der Waals surface area contributed by atoms with Gasteiger partial charge in [-0.2, -0.15) is 0 Å². The van der Waals surface area contributed by atoms with Crippen LogP contribution in [0.15, 0.2) is 30.3 Å². The fourth-order valence-corrected chi connectivity index (χ4v) is 6.29. The van der Waals surface area contributed by atoms with Crippen molar-refractivity contribution in [1.82, 2.24) is 10.2 Å². The lowest BCUT2D eigenvalue weighted by Crippen LogP contribution is -2.39. The van der Waals surface area contributed by atoms with Gasteiger partial charge in [-0.25, -0.2) is 0 Å². The number of carbonyl (C=O) groups is 2. The van der Waals surface area contributed by atoms with Crippen LogP contribution in [0.3, 0.4) is 0 Å². The summed E-state index contributed by atoms with van der Waals surface area (Å²) in [5, 5.41) is 2.41. The van der Waals surface area contributed by atoms with Crippen LogP contribution in [0.1, 0.15) is 121 Å². The highest BCUT2D eigenvalue weighted by Crippen LogP contribution is 2.30. The van der Waals surface area contributed by atoms with Gasteiger partial charge >= 0.3 is 0 Å². The SMILES string of the molecule is CCCCCCCCCCCCCCCCCCNC(=O)CN1C(=O)CS(=O)C1c1ccccc1. The highest BCUT2D eigenvalue weighted by atomic mass is 32.2. The monoisotopic (exact) mass is 504 g/mol. The molecule has 2 unspecified atom stereocenters. The normalized spacial score (nSPS) is 17.7. The maximum atomic E-state index is 12.4. The summed E-state index contributed by atoms with van der Waals surface area (Å²) in [6, 6.07) is 9.35. The van der Waals surface area contributed by atoms with Gasteiger partial charge in [-0.15, -0.1) is 0 Å². The zero-order valence-corrected chi connectivity index (χ0v) is 22.8. The van der Waals surface area contributed by atoms with Gasteiger partial charge in [0.1, 0.15) is 17.7 Å². The molecule has 5 nitrogen and oxygen atoms in total. The molecule has 1 heterocycles. The number of amides is 2. The average Bonchev–Trinajstić information content (AvgIpc) is 3.13. The van der Waals surface area contributed by atoms with Gasteiger partial charge in [-0.05, 0) is 12.0 Å². The summed E-state index contributed by atoms with van der Waals surface area (Å²) in [5.41, 5.74) is 0.822. The fraction of sp³-hybridized carbons (Fsp3) is 0.724. The van der Waals surface area contributed by atoms with Gasteiger partial charge in [-0.1, -0.05) is 134 Å². The lowest BCUT2D eigenvalue weighted by molar-refractivity contribution is -0.133. The minimum absolute atomic E-state index is 0.00797. The second kappa shape index (κ2) is 18.6. The maximum Gasteiger partial charge on any atom is 0.239 e.